The summed E-state index contributed by atoms with van der Waals surface area (Å²) in [5, 5.41) is 10.3. The Labute approximate surface area is 123 Å². The maximum absolute atomic E-state index is 10.3. The molecule has 1 fully saturated rings. The first-order chi connectivity index (χ1) is 9.58. The molecule has 1 heterocycles. The summed E-state index contributed by atoms with van der Waals surface area (Å²) < 4.78 is 0. The predicted octanol–water partition coefficient (Wildman–Crippen LogP) is 3.93. The van der Waals surface area contributed by atoms with Crippen LogP contribution in [0.1, 0.15) is 56.8 Å². The minimum Gasteiger partial charge on any atom is -0.388 e. The highest BCUT2D eigenvalue weighted by Gasteiger charge is 2.34. The molecule has 1 aromatic carbocycles. The van der Waals surface area contributed by atoms with E-state index in [0.29, 0.717) is 5.41 Å². The van der Waals surface area contributed by atoms with Crippen molar-refractivity contribution >= 4 is 0 Å². The van der Waals surface area contributed by atoms with Gasteiger partial charge in [-0.3, -0.25) is 0 Å². The van der Waals surface area contributed by atoms with Gasteiger partial charge in [-0.15, -0.1) is 0 Å². The Kier molecular flexibility index (Phi) is 5.22. The van der Waals surface area contributed by atoms with Crippen LogP contribution in [0.5, 0.6) is 0 Å². The summed E-state index contributed by atoms with van der Waals surface area (Å²) in [5.74, 6) is 0. The van der Waals surface area contributed by atoms with Crippen LogP contribution in [-0.2, 0) is 0 Å². The number of aliphatic hydroxyl groups is 1. The average Bonchev–Trinajstić information content (AvgIpc) is 2.89. The Morgan fingerprint density at radius 2 is 2.05 bits per heavy atom. The number of nitrogens with zero attached hydrogens (tertiary/aromatic N) is 1. The van der Waals surface area contributed by atoms with Crippen molar-refractivity contribution in [3.05, 3.63) is 35.4 Å². The minimum absolute atomic E-state index is 0.326. The molecule has 0 aliphatic carbocycles. The fraction of sp³-hybridized carbons (Fsp3) is 0.667. The Balaban J connectivity index is 1.84. The third-order valence-corrected chi connectivity index (χ3v) is 5.16. The average molecular weight is 275 g/mol. The molecule has 0 bridgehead atoms. The summed E-state index contributed by atoms with van der Waals surface area (Å²) in [4.78, 5) is 2.53. The molecule has 1 aliphatic rings. The number of aliphatic hydroxyl groups excluding tert-OH is 1. The van der Waals surface area contributed by atoms with E-state index in [0.717, 1.165) is 18.5 Å². The van der Waals surface area contributed by atoms with E-state index in [2.05, 4.69) is 37.8 Å². The number of benzene rings is 1. The second kappa shape index (κ2) is 6.73. The van der Waals surface area contributed by atoms with Gasteiger partial charge < -0.3 is 10.0 Å². The maximum Gasteiger partial charge on any atom is 0.0802 e. The van der Waals surface area contributed by atoms with Crippen LogP contribution in [0.3, 0.4) is 0 Å². The van der Waals surface area contributed by atoms with Crippen molar-refractivity contribution in [1.82, 2.24) is 4.90 Å². The van der Waals surface area contributed by atoms with Gasteiger partial charge in [0.25, 0.3) is 0 Å². The molecule has 1 unspecified atom stereocenters. The highest BCUT2D eigenvalue weighted by atomic mass is 16.3. The summed E-state index contributed by atoms with van der Waals surface area (Å²) in [6.45, 7) is 10.1. The monoisotopic (exact) mass is 275 g/mol. The lowest BCUT2D eigenvalue weighted by Gasteiger charge is -2.26. The molecular formula is C18H29NO. The van der Waals surface area contributed by atoms with E-state index in [1.807, 2.05) is 12.1 Å². The molecule has 20 heavy (non-hydrogen) atoms. The summed E-state index contributed by atoms with van der Waals surface area (Å²) in [6.07, 6.45) is 4.39. The van der Waals surface area contributed by atoms with E-state index in [4.69, 9.17) is 0 Å². The Hall–Kier alpha value is -0.860. The molecular weight excluding hydrogens is 246 g/mol. The van der Waals surface area contributed by atoms with E-state index >= 15 is 0 Å². The van der Waals surface area contributed by atoms with E-state index in [-0.39, 0.29) is 6.10 Å². The highest BCUT2D eigenvalue weighted by Crippen LogP contribution is 2.37. The molecule has 0 spiro atoms. The van der Waals surface area contributed by atoms with Gasteiger partial charge in [-0.1, -0.05) is 43.7 Å². The summed E-state index contributed by atoms with van der Waals surface area (Å²) in [7, 11) is 0. The molecule has 0 saturated carbocycles. The Bertz CT molecular complexity index is 425. The van der Waals surface area contributed by atoms with Crippen LogP contribution in [0.2, 0.25) is 0 Å². The lowest BCUT2D eigenvalue weighted by molar-refractivity contribution is 0.143. The molecule has 1 aromatic rings. The van der Waals surface area contributed by atoms with Crippen LogP contribution in [-0.4, -0.2) is 29.6 Å². The normalized spacial score (nSPS) is 20.2. The Morgan fingerprint density at radius 3 is 2.65 bits per heavy atom. The van der Waals surface area contributed by atoms with Crippen molar-refractivity contribution in [1.29, 1.82) is 0 Å². The number of hydrogen-bond acceptors (Lipinski definition) is 2. The van der Waals surface area contributed by atoms with Crippen LogP contribution >= 0.6 is 0 Å². The van der Waals surface area contributed by atoms with Gasteiger partial charge in [-0.05, 0) is 50.1 Å². The van der Waals surface area contributed by atoms with Crippen LogP contribution in [0.4, 0.5) is 0 Å². The van der Waals surface area contributed by atoms with Crippen molar-refractivity contribution in [2.75, 3.05) is 19.6 Å². The zero-order chi connectivity index (χ0) is 14.6. The van der Waals surface area contributed by atoms with Gasteiger partial charge in [0.2, 0.25) is 0 Å². The molecule has 2 rings (SSSR count). The van der Waals surface area contributed by atoms with Gasteiger partial charge in [0.05, 0.1) is 6.10 Å². The quantitative estimate of drug-likeness (QED) is 0.850. The second-order valence-electron chi connectivity index (χ2n) is 6.45. The first-order valence-corrected chi connectivity index (χ1v) is 8.05. The molecule has 1 aliphatic heterocycles. The maximum atomic E-state index is 10.3. The predicted molar refractivity (Wildman–Crippen MR) is 84.8 cm³/mol. The van der Waals surface area contributed by atoms with Gasteiger partial charge in [0.1, 0.15) is 0 Å². The summed E-state index contributed by atoms with van der Waals surface area (Å²) in [6, 6.07) is 8.23. The molecule has 1 atom stereocenters. The van der Waals surface area contributed by atoms with Crippen molar-refractivity contribution in [3.8, 4) is 0 Å². The van der Waals surface area contributed by atoms with Gasteiger partial charge in [-0.2, -0.15) is 0 Å². The molecule has 0 aromatic heterocycles. The van der Waals surface area contributed by atoms with E-state index in [1.54, 1.807) is 0 Å². The second-order valence-corrected chi connectivity index (χ2v) is 6.45. The van der Waals surface area contributed by atoms with Crippen molar-refractivity contribution in [3.63, 3.8) is 0 Å². The fourth-order valence-electron chi connectivity index (χ4n) is 3.39. The van der Waals surface area contributed by atoms with Gasteiger partial charge in [0, 0.05) is 13.1 Å². The lowest BCUT2D eigenvalue weighted by Crippen LogP contribution is -2.28. The lowest BCUT2D eigenvalue weighted by atomic mass is 9.82. The van der Waals surface area contributed by atoms with E-state index in [1.165, 1.54) is 37.9 Å². The standard InChI is InChI=1S/C18H29NO/c1-4-18(5-2)10-12-19(14-18)11-9-17(20)16-8-6-7-15(3)13-16/h6-8,13,17,20H,4-5,9-12,14H2,1-3H3. The van der Waals surface area contributed by atoms with E-state index < -0.39 is 0 Å². The summed E-state index contributed by atoms with van der Waals surface area (Å²) >= 11 is 0. The molecule has 2 nitrogen and oxygen atoms in total. The Morgan fingerprint density at radius 1 is 1.30 bits per heavy atom. The number of likely N-dealkylation sites (tertiary alicyclic amines) is 1. The fourth-order valence-corrected chi connectivity index (χ4v) is 3.39. The van der Waals surface area contributed by atoms with Crippen LogP contribution in [0.25, 0.3) is 0 Å². The minimum atomic E-state index is -0.326. The SMILES string of the molecule is CCC1(CC)CCN(CCC(O)c2cccc(C)c2)C1. The molecule has 2 heteroatoms. The number of rotatable bonds is 6. The molecule has 0 radical (unpaired) electrons. The topological polar surface area (TPSA) is 23.5 Å². The number of aryl methyl sites for hydroxylation is 1. The van der Waals surface area contributed by atoms with Gasteiger partial charge in [0.15, 0.2) is 0 Å². The van der Waals surface area contributed by atoms with Crippen molar-refractivity contribution in [2.24, 2.45) is 5.41 Å². The molecule has 0 amide bonds. The highest BCUT2D eigenvalue weighted by molar-refractivity contribution is 5.23. The molecule has 112 valence electrons. The number of hydrogen-bond donors (Lipinski definition) is 1. The van der Waals surface area contributed by atoms with Crippen LogP contribution in [0.15, 0.2) is 24.3 Å². The van der Waals surface area contributed by atoms with Crippen molar-refractivity contribution in [2.45, 2.75) is 52.6 Å². The first-order valence-electron chi connectivity index (χ1n) is 8.05. The van der Waals surface area contributed by atoms with Gasteiger partial charge in [-0.25, -0.2) is 0 Å². The zero-order valence-electron chi connectivity index (χ0n) is 13.2. The van der Waals surface area contributed by atoms with Crippen molar-refractivity contribution < 1.29 is 5.11 Å². The molecule has 1 N–H and O–H groups in total. The molecule has 1 saturated heterocycles. The third kappa shape index (κ3) is 3.62. The summed E-state index contributed by atoms with van der Waals surface area (Å²) in [5.41, 5.74) is 2.81. The van der Waals surface area contributed by atoms with Crippen LogP contribution in [0, 0.1) is 12.3 Å². The van der Waals surface area contributed by atoms with Crippen LogP contribution < -0.4 is 0 Å². The smallest absolute Gasteiger partial charge is 0.0802 e. The largest absolute Gasteiger partial charge is 0.388 e. The third-order valence-electron chi connectivity index (χ3n) is 5.16. The first kappa shape index (κ1) is 15.5. The zero-order valence-corrected chi connectivity index (χ0v) is 13.2. The van der Waals surface area contributed by atoms with E-state index in [9.17, 15) is 5.11 Å². The van der Waals surface area contributed by atoms with Gasteiger partial charge >= 0.3 is 0 Å².